The highest BCUT2D eigenvalue weighted by molar-refractivity contribution is 5.87. The fourth-order valence-corrected chi connectivity index (χ4v) is 2.17. The van der Waals surface area contributed by atoms with Crippen LogP contribution in [0.1, 0.15) is 30.4 Å². The van der Waals surface area contributed by atoms with Gasteiger partial charge in [0.05, 0.1) is 6.61 Å². The number of aromatic hydroxyl groups is 1. The third kappa shape index (κ3) is 3.38. The molecule has 0 aromatic heterocycles. The molecule has 0 aliphatic heterocycles. The lowest BCUT2D eigenvalue weighted by molar-refractivity contribution is -0.137. The lowest BCUT2D eigenvalue weighted by atomic mass is 9.90. The maximum atomic E-state index is 11.3. The van der Waals surface area contributed by atoms with Crippen LogP contribution in [-0.4, -0.2) is 17.7 Å². The van der Waals surface area contributed by atoms with Crippen LogP contribution in [0.2, 0.25) is 0 Å². The van der Waals surface area contributed by atoms with Crippen LogP contribution in [0.4, 0.5) is 0 Å². The topological polar surface area (TPSA) is 46.5 Å². The zero-order valence-electron chi connectivity index (χ0n) is 11.5. The average molecular weight is 270 g/mol. The minimum Gasteiger partial charge on any atom is -0.507 e. The molecule has 1 aliphatic rings. The number of allylic oxidation sites excluding steroid dienone is 4. The maximum absolute atomic E-state index is 11.3. The van der Waals surface area contributed by atoms with Crippen LogP contribution in [0, 0.1) is 0 Å². The van der Waals surface area contributed by atoms with Crippen molar-refractivity contribution in [3.8, 4) is 5.75 Å². The zero-order chi connectivity index (χ0) is 14.4. The predicted molar refractivity (Wildman–Crippen MR) is 79.4 cm³/mol. The second kappa shape index (κ2) is 6.75. The van der Waals surface area contributed by atoms with Crippen LogP contribution in [0.15, 0.2) is 48.6 Å². The second-order valence-corrected chi connectivity index (χ2v) is 4.53. The number of para-hydroxylation sites is 1. The Morgan fingerprint density at radius 2 is 2.30 bits per heavy atom. The Bertz CT molecular complexity index is 568. The summed E-state index contributed by atoms with van der Waals surface area (Å²) in [7, 11) is 0. The minimum atomic E-state index is -0.405. The van der Waals surface area contributed by atoms with E-state index in [0.29, 0.717) is 12.2 Å². The first kappa shape index (κ1) is 14.1. The molecule has 0 bridgehead atoms. The summed E-state index contributed by atoms with van der Waals surface area (Å²) >= 11 is 0. The van der Waals surface area contributed by atoms with Crippen molar-refractivity contribution in [2.24, 2.45) is 0 Å². The predicted octanol–water partition coefficient (Wildman–Crippen LogP) is 3.57. The molecule has 0 saturated heterocycles. The number of phenols is 1. The van der Waals surface area contributed by atoms with E-state index in [2.05, 4.69) is 12.2 Å². The first-order chi connectivity index (χ1) is 9.72. The molecule has 0 heterocycles. The Labute approximate surface area is 118 Å². The summed E-state index contributed by atoms with van der Waals surface area (Å²) in [5.41, 5.74) is 1.50. The molecule has 3 nitrogen and oxygen atoms in total. The number of hydrogen-bond acceptors (Lipinski definition) is 3. The number of phenolic OH excluding ortho intramolecular Hbond substituents is 1. The van der Waals surface area contributed by atoms with Gasteiger partial charge in [0.2, 0.25) is 0 Å². The van der Waals surface area contributed by atoms with E-state index in [9.17, 15) is 9.90 Å². The van der Waals surface area contributed by atoms with Crippen molar-refractivity contribution >= 4 is 12.0 Å². The molecule has 1 aromatic carbocycles. The summed E-state index contributed by atoms with van der Waals surface area (Å²) in [6, 6.07) is 5.56. The van der Waals surface area contributed by atoms with Gasteiger partial charge < -0.3 is 9.84 Å². The van der Waals surface area contributed by atoms with Gasteiger partial charge in [0.15, 0.2) is 0 Å². The van der Waals surface area contributed by atoms with Gasteiger partial charge in [-0.2, -0.15) is 0 Å². The van der Waals surface area contributed by atoms with Crippen LogP contribution >= 0.6 is 0 Å². The smallest absolute Gasteiger partial charge is 0.330 e. The lowest BCUT2D eigenvalue weighted by Crippen LogP contribution is -1.99. The second-order valence-electron chi connectivity index (χ2n) is 4.53. The van der Waals surface area contributed by atoms with Crippen molar-refractivity contribution in [2.45, 2.75) is 19.3 Å². The van der Waals surface area contributed by atoms with E-state index in [-0.39, 0.29) is 11.7 Å². The number of carbonyl (C=O) groups is 1. The Kier molecular flexibility index (Phi) is 4.77. The summed E-state index contributed by atoms with van der Waals surface area (Å²) in [6.45, 7) is 2.10. The van der Waals surface area contributed by atoms with E-state index in [0.717, 1.165) is 12.0 Å². The van der Waals surface area contributed by atoms with Crippen molar-refractivity contribution in [2.75, 3.05) is 6.61 Å². The summed E-state index contributed by atoms with van der Waals surface area (Å²) in [5.74, 6) is -0.00765. The highest BCUT2D eigenvalue weighted by Gasteiger charge is 2.14. The fourth-order valence-electron chi connectivity index (χ4n) is 2.17. The van der Waals surface area contributed by atoms with E-state index < -0.39 is 5.97 Å². The van der Waals surface area contributed by atoms with Gasteiger partial charge in [-0.25, -0.2) is 4.79 Å². The van der Waals surface area contributed by atoms with E-state index in [4.69, 9.17) is 4.74 Å². The van der Waals surface area contributed by atoms with Crippen LogP contribution in [0.3, 0.4) is 0 Å². The van der Waals surface area contributed by atoms with Crippen LogP contribution < -0.4 is 0 Å². The molecule has 0 amide bonds. The Morgan fingerprint density at radius 1 is 1.45 bits per heavy atom. The van der Waals surface area contributed by atoms with Gasteiger partial charge in [0.25, 0.3) is 0 Å². The monoisotopic (exact) mass is 270 g/mol. The minimum absolute atomic E-state index is 0.177. The number of benzene rings is 1. The van der Waals surface area contributed by atoms with Crippen molar-refractivity contribution < 1.29 is 14.6 Å². The quantitative estimate of drug-likeness (QED) is 0.672. The third-order valence-electron chi connectivity index (χ3n) is 3.16. The first-order valence-corrected chi connectivity index (χ1v) is 6.72. The van der Waals surface area contributed by atoms with Crippen LogP contribution in [0.5, 0.6) is 5.75 Å². The summed E-state index contributed by atoms with van der Waals surface area (Å²) in [5, 5.41) is 10.3. The van der Waals surface area contributed by atoms with Gasteiger partial charge in [0, 0.05) is 23.1 Å². The van der Waals surface area contributed by atoms with E-state index in [1.54, 1.807) is 19.1 Å². The highest BCUT2D eigenvalue weighted by atomic mass is 16.5. The number of esters is 1. The molecule has 1 N–H and O–H groups in total. The van der Waals surface area contributed by atoms with E-state index in [1.807, 2.05) is 24.3 Å². The third-order valence-corrected chi connectivity index (χ3v) is 3.16. The van der Waals surface area contributed by atoms with Gasteiger partial charge in [-0.15, -0.1) is 0 Å². The molecule has 1 atom stereocenters. The van der Waals surface area contributed by atoms with Gasteiger partial charge in [-0.05, 0) is 19.4 Å². The molecule has 20 heavy (non-hydrogen) atoms. The maximum Gasteiger partial charge on any atom is 0.330 e. The van der Waals surface area contributed by atoms with Crippen LogP contribution in [0.25, 0.3) is 6.08 Å². The lowest BCUT2D eigenvalue weighted by Gasteiger charge is -2.16. The van der Waals surface area contributed by atoms with Gasteiger partial charge in [-0.1, -0.05) is 42.5 Å². The summed E-state index contributed by atoms with van der Waals surface area (Å²) in [4.78, 5) is 11.3. The first-order valence-electron chi connectivity index (χ1n) is 6.72. The SMILES string of the molecule is CCOC(=O)/C=C/c1cccc(C2C=CC=CC2)c1O. The molecule has 0 spiro atoms. The number of carbonyl (C=O) groups excluding carboxylic acids is 1. The highest BCUT2D eigenvalue weighted by Crippen LogP contribution is 2.34. The molecule has 1 aliphatic carbocycles. The molecule has 2 rings (SSSR count). The molecule has 3 heteroatoms. The zero-order valence-corrected chi connectivity index (χ0v) is 11.5. The molecule has 1 unspecified atom stereocenters. The van der Waals surface area contributed by atoms with Gasteiger partial charge in [-0.3, -0.25) is 0 Å². The molecule has 1 aromatic rings. The molecule has 0 fully saturated rings. The summed E-state index contributed by atoms with van der Waals surface area (Å²) in [6.07, 6.45) is 11.9. The number of rotatable bonds is 4. The number of ether oxygens (including phenoxy) is 1. The van der Waals surface area contributed by atoms with E-state index in [1.165, 1.54) is 6.08 Å². The van der Waals surface area contributed by atoms with Crippen molar-refractivity contribution in [3.63, 3.8) is 0 Å². The van der Waals surface area contributed by atoms with Gasteiger partial charge in [0.1, 0.15) is 5.75 Å². The Balaban J connectivity index is 2.21. The fraction of sp³-hybridized carbons (Fsp3) is 0.235. The van der Waals surface area contributed by atoms with Crippen LogP contribution in [-0.2, 0) is 9.53 Å². The van der Waals surface area contributed by atoms with Crippen molar-refractivity contribution in [1.82, 2.24) is 0 Å². The standard InChI is InChI=1S/C17H18O3/c1-2-20-16(18)12-11-14-9-6-10-15(17(14)19)13-7-4-3-5-8-13/h3-7,9-13,19H,2,8H2,1H3/b12-11+. The largest absolute Gasteiger partial charge is 0.507 e. The van der Waals surface area contributed by atoms with Crippen molar-refractivity contribution in [1.29, 1.82) is 0 Å². The summed E-state index contributed by atoms with van der Waals surface area (Å²) < 4.78 is 4.82. The Morgan fingerprint density at radius 3 is 3.00 bits per heavy atom. The molecular weight excluding hydrogens is 252 g/mol. The Hall–Kier alpha value is -2.29. The molecule has 104 valence electrons. The molecule has 0 saturated carbocycles. The normalized spacial score (nSPS) is 17.6. The van der Waals surface area contributed by atoms with Gasteiger partial charge >= 0.3 is 5.97 Å². The van der Waals surface area contributed by atoms with E-state index >= 15 is 0 Å². The van der Waals surface area contributed by atoms with Crippen molar-refractivity contribution in [3.05, 3.63) is 59.7 Å². The average Bonchev–Trinajstić information content (AvgIpc) is 2.47. The number of hydrogen-bond donors (Lipinski definition) is 1. The molecular formula is C17H18O3. The molecule has 0 radical (unpaired) electrons.